The Morgan fingerprint density at radius 1 is 1.38 bits per heavy atom. The van der Waals surface area contributed by atoms with Crippen LogP contribution in [0.3, 0.4) is 0 Å². The molecule has 7 nitrogen and oxygen atoms in total. The van der Waals surface area contributed by atoms with Gasteiger partial charge in [0.1, 0.15) is 5.60 Å². The maximum absolute atomic E-state index is 12.4. The van der Waals surface area contributed by atoms with E-state index in [1.54, 1.807) is 31.9 Å². The van der Waals surface area contributed by atoms with E-state index in [2.05, 4.69) is 5.32 Å². The van der Waals surface area contributed by atoms with E-state index < -0.39 is 17.3 Å². The summed E-state index contributed by atoms with van der Waals surface area (Å²) >= 11 is 0. The molecule has 0 aromatic carbocycles. The standard InChI is InChI=1S/C17H28N2O5/c1-16(2,3)24-15(21)18-12-17(22)6-8-19(9-7-17)14(20)13-5-4-10-23-11-13/h11,22H,4-10,12H2,1-3H3,(H,18,21). The van der Waals surface area contributed by atoms with Crippen LogP contribution in [0.2, 0.25) is 0 Å². The third-order valence-corrected chi connectivity index (χ3v) is 4.15. The Labute approximate surface area is 143 Å². The van der Waals surface area contributed by atoms with E-state index in [1.807, 2.05) is 0 Å². The Kier molecular flexibility index (Phi) is 5.74. The predicted octanol–water partition coefficient (Wildman–Crippen LogP) is 1.56. The first-order chi connectivity index (χ1) is 11.2. The molecule has 1 saturated heterocycles. The van der Waals surface area contributed by atoms with Crippen molar-refractivity contribution in [2.24, 2.45) is 0 Å². The minimum Gasteiger partial charge on any atom is -0.501 e. The number of aliphatic hydroxyl groups is 1. The molecule has 0 saturated carbocycles. The van der Waals surface area contributed by atoms with Gasteiger partial charge < -0.3 is 24.8 Å². The average molecular weight is 340 g/mol. The van der Waals surface area contributed by atoms with E-state index >= 15 is 0 Å². The number of carbonyl (C=O) groups excluding carboxylic acids is 2. The molecule has 1 fully saturated rings. The van der Waals surface area contributed by atoms with E-state index in [9.17, 15) is 14.7 Å². The van der Waals surface area contributed by atoms with Gasteiger partial charge >= 0.3 is 6.09 Å². The van der Waals surface area contributed by atoms with E-state index in [0.717, 1.165) is 12.8 Å². The van der Waals surface area contributed by atoms with Gasteiger partial charge in [0.05, 0.1) is 24.0 Å². The number of carbonyl (C=O) groups is 2. The zero-order valence-electron chi connectivity index (χ0n) is 14.8. The van der Waals surface area contributed by atoms with E-state index in [0.29, 0.717) is 38.1 Å². The largest absolute Gasteiger partial charge is 0.501 e. The van der Waals surface area contributed by atoms with Gasteiger partial charge in [-0.3, -0.25) is 4.79 Å². The molecule has 24 heavy (non-hydrogen) atoms. The summed E-state index contributed by atoms with van der Waals surface area (Å²) in [4.78, 5) is 25.8. The number of amides is 2. The topological polar surface area (TPSA) is 88.1 Å². The van der Waals surface area contributed by atoms with Crippen LogP contribution in [-0.2, 0) is 14.3 Å². The first-order valence-electron chi connectivity index (χ1n) is 8.48. The van der Waals surface area contributed by atoms with Crippen LogP contribution < -0.4 is 5.32 Å². The minimum absolute atomic E-state index is 0.0168. The summed E-state index contributed by atoms with van der Waals surface area (Å²) in [5.74, 6) is -0.0168. The van der Waals surface area contributed by atoms with Crippen LogP contribution in [0.4, 0.5) is 4.79 Å². The molecule has 2 N–H and O–H groups in total. The highest BCUT2D eigenvalue weighted by molar-refractivity contribution is 5.93. The fraction of sp³-hybridized carbons (Fsp3) is 0.765. The molecular weight excluding hydrogens is 312 g/mol. The number of nitrogens with zero attached hydrogens (tertiary/aromatic N) is 1. The van der Waals surface area contributed by atoms with Crippen molar-refractivity contribution < 1.29 is 24.2 Å². The van der Waals surface area contributed by atoms with E-state index in [4.69, 9.17) is 9.47 Å². The molecule has 0 aromatic rings. The normalized spacial score (nSPS) is 20.7. The van der Waals surface area contributed by atoms with Crippen LogP contribution in [0.15, 0.2) is 11.8 Å². The molecule has 7 heteroatoms. The van der Waals surface area contributed by atoms with Gasteiger partial charge in [0, 0.05) is 19.6 Å². The monoisotopic (exact) mass is 340 g/mol. The zero-order chi connectivity index (χ0) is 17.8. The summed E-state index contributed by atoms with van der Waals surface area (Å²) in [7, 11) is 0. The second-order valence-corrected chi connectivity index (χ2v) is 7.49. The lowest BCUT2D eigenvalue weighted by Crippen LogP contribution is -2.52. The van der Waals surface area contributed by atoms with Gasteiger partial charge in [-0.05, 0) is 46.5 Å². The lowest BCUT2D eigenvalue weighted by atomic mass is 9.91. The minimum atomic E-state index is -1.01. The molecule has 0 atom stereocenters. The summed E-state index contributed by atoms with van der Waals surface area (Å²) in [5.41, 5.74) is -0.887. The number of piperidine rings is 1. The second kappa shape index (κ2) is 7.42. The van der Waals surface area contributed by atoms with Gasteiger partial charge in [0.2, 0.25) is 0 Å². The van der Waals surface area contributed by atoms with Crippen molar-refractivity contribution in [1.82, 2.24) is 10.2 Å². The summed E-state index contributed by atoms with van der Waals surface area (Å²) < 4.78 is 10.4. The summed E-state index contributed by atoms with van der Waals surface area (Å²) in [6.45, 7) is 7.06. The van der Waals surface area contributed by atoms with Crippen molar-refractivity contribution in [2.45, 2.75) is 57.7 Å². The Bertz CT molecular complexity index is 502. The van der Waals surface area contributed by atoms with Crippen molar-refractivity contribution in [3.05, 3.63) is 11.8 Å². The Morgan fingerprint density at radius 3 is 2.58 bits per heavy atom. The van der Waals surface area contributed by atoms with Gasteiger partial charge in [-0.2, -0.15) is 0 Å². The summed E-state index contributed by atoms with van der Waals surface area (Å²) in [6, 6.07) is 0. The maximum Gasteiger partial charge on any atom is 0.407 e. The molecule has 0 aliphatic carbocycles. The fourth-order valence-corrected chi connectivity index (χ4v) is 2.78. The Balaban J connectivity index is 1.79. The first kappa shape index (κ1) is 18.6. The summed E-state index contributed by atoms with van der Waals surface area (Å²) in [6.07, 6.45) is 3.44. The molecule has 2 aliphatic rings. The number of rotatable bonds is 3. The third kappa shape index (κ3) is 5.40. The van der Waals surface area contributed by atoms with Crippen LogP contribution in [0.5, 0.6) is 0 Å². The van der Waals surface area contributed by atoms with Crippen LogP contribution in [0, 0.1) is 0 Å². The first-order valence-corrected chi connectivity index (χ1v) is 8.48. The highest BCUT2D eigenvalue weighted by Gasteiger charge is 2.35. The van der Waals surface area contributed by atoms with Gasteiger partial charge in [0.25, 0.3) is 5.91 Å². The quantitative estimate of drug-likeness (QED) is 0.814. The molecule has 0 radical (unpaired) electrons. The van der Waals surface area contributed by atoms with E-state index in [1.165, 1.54) is 0 Å². The highest BCUT2D eigenvalue weighted by Crippen LogP contribution is 2.24. The third-order valence-electron chi connectivity index (χ3n) is 4.15. The van der Waals surface area contributed by atoms with Crippen LogP contribution in [0.1, 0.15) is 46.5 Å². The maximum atomic E-state index is 12.4. The van der Waals surface area contributed by atoms with Crippen LogP contribution in [0.25, 0.3) is 0 Å². The van der Waals surface area contributed by atoms with Crippen LogP contribution in [-0.4, -0.2) is 59.5 Å². The number of hydrogen-bond donors (Lipinski definition) is 2. The predicted molar refractivity (Wildman–Crippen MR) is 88.3 cm³/mol. The van der Waals surface area contributed by atoms with Crippen molar-refractivity contribution in [3.63, 3.8) is 0 Å². The number of nitrogens with one attached hydrogen (secondary N) is 1. The highest BCUT2D eigenvalue weighted by atomic mass is 16.6. The average Bonchev–Trinajstić information content (AvgIpc) is 2.52. The molecule has 2 aliphatic heterocycles. The lowest BCUT2D eigenvalue weighted by Gasteiger charge is -2.38. The molecule has 0 unspecified atom stereocenters. The number of ether oxygens (including phenoxy) is 2. The Morgan fingerprint density at radius 2 is 2.04 bits per heavy atom. The summed E-state index contributed by atoms with van der Waals surface area (Å²) in [5, 5.41) is 13.2. The number of likely N-dealkylation sites (tertiary alicyclic amines) is 1. The molecule has 136 valence electrons. The van der Waals surface area contributed by atoms with Gasteiger partial charge in [0.15, 0.2) is 0 Å². The molecular formula is C17H28N2O5. The van der Waals surface area contributed by atoms with Crippen molar-refractivity contribution in [2.75, 3.05) is 26.2 Å². The molecule has 0 spiro atoms. The fourth-order valence-electron chi connectivity index (χ4n) is 2.78. The Hall–Kier alpha value is -1.76. The zero-order valence-corrected chi connectivity index (χ0v) is 14.8. The molecule has 0 bridgehead atoms. The van der Waals surface area contributed by atoms with Crippen molar-refractivity contribution in [1.29, 1.82) is 0 Å². The smallest absolute Gasteiger partial charge is 0.407 e. The van der Waals surface area contributed by atoms with E-state index in [-0.39, 0.29) is 12.5 Å². The lowest BCUT2D eigenvalue weighted by molar-refractivity contribution is -0.131. The van der Waals surface area contributed by atoms with Crippen LogP contribution >= 0.6 is 0 Å². The molecule has 2 heterocycles. The molecule has 2 amide bonds. The van der Waals surface area contributed by atoms with Gasteiger partial charge in [-0.1, -0.05) is 0 Å². The van der Waals surface area contributed by atoms with Gasteiger partial charge in [-0.25, -0.2) is 4.79 Å². The number of hydrogen-bond acceptors (Lipinski definition) is 5. The van der Waals surface area contributed by atoms with Gasteiger partial charge in [-0.15, -0.1) is 0 Å². The SMILES string of the molecule is CC(C)(C)OC(=O)NCC1(O)CCN(C(=O)C2=COCCC2)CC1. The van der Waals surface area contributed by atoms with Crippen molar-refractivity contribution in [3.8, 4) is 0 Å². The number of alkyl carbamates (subject to hydrolysis) is 1. The van der Waals surface area contributed by atoms with Crippen molar-refractivity contribution >= 4 is 12.0 Å². The second-order valence-electron chi connectivity index (χ2n) is 7.49. The molecule has 0 aromatic heterocycles. The molecule has 2 rings (SSSR count).